The van der Waals surface area contributed by atoms with E-state index in [2.05, 4.69) is 52.4 Å². The summed E-state index contributed by atoms with van der Waals surface area (Å²) in [6, 6.07) is 8.66. The highest BCUT2D eigenvalue weighted by Crippen LogP contribution is 2.29. The van der Waals surface area contributed by atoms with Gasteiger partial charge in [0.05, 0.1) is 12.6 Å². The molecule has 19 heavy (non-hydrogen) atoms. The fourth-order valence-electron chi connectivity index (χ4n) is 2.04. The number of likely N-dealkylation sites (N-methyl/N-ethyl adjacent to an activating group) is 1. The smallest absolute Gasteiger partial charge is 0.110 e. The van der Waals surface area contributed by atoms with E-state index in [1.165, 1.54) is 4.90 Å². The van der Waals surface area contributed by atoms with Crippen LogP contribution in [-0.2, 0) is 4.74 Å². The fourth-order valence-corrected chi connectivity index (χ4v) is 3.68. The third kappa shape index (κ3) is 4.55. The van der Waals surface area contributed by atoms with Crippen LogP contribution in [-0.4, -0.2) is 24.9 Å². The van der Waals surface area contributed by atoms with E-state index >= 15 is 0 Å². The molecule has 104 valence electrons. The Labute approximate surface area is 128 Å². The first-order valence-electron chi connectivity index (χ1n) is 6.75. The molecule has 1 aromatic rings. The number of allylic oxidation sites excluding steroid dienone is 1. The molecule has 1 aliphatic heterocycles. The van der Waals surface area contributed by atoms with Gasteiger partial charge in [0.2, 0.25) is 0 Å². The van der Waals surface area contributed by atoms with E-state index in [9.17, 15) is 0 Å². The van der Waals surface area contributed by atoms with Gasteiger partial charge in [-0.15, -0.1) is 11.8 Å². The summed E-state index contributed by atoms with van der Waals surface area (Å²) >= 11 is 5.45. The molecule has 2 rings (SSSR count). The highest BCUT2D eigenvalue weighted by molar-refractivity contribution is 9.10. The molecule has 0 saturated carbocycles. The van der Waals surface area contributed by atoms with E-state index in [4.69, 9.17) is 4.74 Å². The fraction of sp³-hybridized carbons (Fsp3) is 0.467. The third-order valence-electron chi connectivity index (χ3n) is 3.00. The summed E-state index contributed by atoms with van der Waals surface area (Å²) in [5.41, 5.74) is 0. The quantitative estimate of drug-likeness (QED) is 0.783. The van der Waals surface area contributed by atoms with Crippen molar-refractivity contribution in [1.29, 1.82) is 0 Å². The lowest BCUT2D eigenvalue weighted by atomic mass is 10.1. The first-order valence-corrected chi connectivity index (χ1v) is 8.52. The zero-order valence-corrected chi connectivity index (χ0v) is 13.6. The van der Waals surface area contributed by atoms with Crippen molar-refractivity contribution in [2.24, 2.45) is 0 Å². The second kappa shape index (κ2) is 7.98. The molecule has 4 heteroatoms. The van der Waals surface area contributed by atoms with Crippen molar-refractivity contribution in [1.82, 2.24) is 5.32 Å². The molecule has 0 spiro atoms. The molecule has 1 aromatic carbocycles. The third-order valence-corrected chi connectivity index (χ3v) is 5.12. The van der Waals surface area contributed by atoms with Crippen LogP contribution >= 0.6 is 27.7 Å². The van der Waals surface area contributed by atoms with E-state index in [-0.39, 0.29) is 0 Å². The van der Waals surface area contributed by atoms with E-state index in [0.29, 0.717) is 6.04 Å². The van der Waals surface area contributed by atoms with Gasteiger partial charge in [-0.3, -0.25) is 0 Å². The van der Waals surface area contributed by atoms with Gasteiger partial charge in [0.25, 0.3) is 0 Å². The van der Waals surface area contributed by atoms with Gasteiger partial charge in [-0.25, -0.2) is 0 Å². The predicted molar refractivity (Wildman–Crippen MR) is 85.6 cm³/mol. The van der Waals surface area contributed by atoms with Crippen molar-refractivity contribution in [2.45, 2.75) is 30.7 Å². The highest BCUT2D eigenvalue weighted by atomic mass is 79.9. The molecular formula is C15H20BrNOS. The van der Waals surface area contributed by atoms with E-state index < -0.39 is 0 Å². The monoisotopic (exact) mass is 341 g/mol. The van der Waals surface area contributed by atoms with Gasteiger partial charge in [-0.2, -0.15) is 0 Å². The van der Waals surface area contributed by atoms with Gasteiger partial charge in [0.15, 0.2) is 0 Å². The summed E-state index contributed by atoms with van der Waals surface area (Å²) in [4.78, 5) is 1.28. The van der Waals surface area contributed by atoms with Crippen molar-refractivity contribution >= 4 is 27.7 Å². The Bertz CT molecular complexity index is 436. The molecule has 0 aromatic heterocycles. The Balaban J connectivity index is 1.97. The van der Waals surface area contributed by atoms with Crippen LogP contribution in [0.2, 0.25) is 0 Å². The lowest BCUT2D eigenvalue weighted by molar-refractivity contribution is 0.172. The van der Waals surface area contributed by atoms with Crippen molar-refractivity contribution in [3.63, 3.8) is 0 Å². The maximum atomic E-state index is 5.78. The number of hydrogen-bond donors (Lipinski definition) is 1. The minimum Gasteiger partial charge on any atom is -0.497 e. The molecule has 1 unspecified atom stereocenters. The Hall–Kier alpha value is -0.450. The molecule has 1 aliphatic rings. The first-order chi connectivity index (χ1) is 9.31. The summed E-state index contributed by atoms with van der Waals surface area (Å²) < 4.78 is 6.95. The van der Waals surface area contributed by atoms with Crippen LogP contribution in [0.15, 0.2) is 45.5 Å². The Kier molecular flexibility index (Phi) is 6.28. The lowest BCUT2D eigenvalue weighted by Gasteiger charge is -2.24. The second-order valence-corrected chi connectivity index (χ2v) is 6.37. The average Bonchev–Trinajstić information content (AvgIpc) is 2.46. The van der Waals surface area contributed by atoms with Gasteiger partial charge in [0, 0.05) is 15.1 Å². The van der Waals surface area contributed by atoms with Crippen molar-refractivity contribution in [3.8, 4) is 0 Å². The zero-order valence-electron chi connectivity index (χ0n) is 11.2. The first kappa shape index (κ1) is 14.9. The Morgan fingerprint density at radius 3 is 2.95 bits per heavy atom. The maximum absolute atomic E-state index is 5.78. The molecule has 0 fully saturated rings. The van der Waals surface area contributed by atoms with Crippen LogP contribution in [0.1, 0.15) is 19.8 Å². The molecule has 0 bridgehead atoms. The normalized spacial score (nSPS) is 16.6. The molecule has 1 heterocycles. The van der Waals surface area contributed by atoms with E-state index in [1.54, 1.807) is 0 Å². The van der Waals surface area contributed by atoms with Crippen LogP contribution in [0.5, 0.6) is 0 Å². The van der Waals surface area contributed by atoms with Gasteiger partial charge in [-0.1, -0.05) is 19.1 Å². The molecule has 2 nitrogen and oxygen atoms in total. The van der Waals surface area contributed by atoms with Gasteiger partial charge < -0.3 is 10.1 Å². The van der Waals surface area contributed by atoms with Crippen molar-refractivity contribution in [2.75, 3.05) is 18.9 Å². The minimum absolute atomic E-state index is 0.308. The SMILES string of the molecule is CCNC(CSc1ccccc1Br)C1=CCCCO1. The molecule has 0 amide bonds. The van der Waals surface area contributed by atoms with Gasteiger partial charge in [-0.05, 0) is 53.5 Å². The van der Waals surface area contributed by atoms with Gasteiger partial charge in [0.1, 0.15) is 5.76 Å². The largest absolute Gasteiger partial charge is 0.497 e. The summed E-state index contributed by atoms with van der Waals surface area (Å²) in [6.07, 6.45) is 4.51. The molecule has 1 atom stereocenters. The highest BCUT2D eigenvalue weighted by Gasteiger charge is 2.17. The zero-order chi connectivity index (χ0) is 13.5. The molecule has 0 saturated heterocycles. The van der Waals surface area contributed by atoms with Crippen LogP contribution in [0.4, 0.5) is 0 Å². The van der Waals surface area contributed by atoms with E-state index in [1.807, 2.05) is 17.8 Å². The molecule has 1 N–H and O–H groups in total. The summed E-state index contributed by atoms with van der Waals surface area (Å²) in [5.74, 6) is 2.11. The van der Waals surface area contributed by atoms with Crippen LogP contribution in [0, 0.1) is 0 Å². The van der Waals surface area contributed by atoms with Crippen molar-refractivity contribution < 1.29 is 4.74 Å². The number of benzene rings is 1. The number of hydrogen-bond acceptors (Lipinski definition) is 3. The minimum atomic E-state index is 0.308. The topological polar surface area (TPSA) is 21.3 Å². The Morgan fingerprint density at radius 1 is 1.42 bits per heavy atom. The number of ether oxygens (including phenoxy) is 1. The molecular weight excluding hydrogens is 322 g/mol. The Morgan fingerprint density at radius 2 is 2.26 bits per heavy atom. The summed E-state index contributed by atoms with van der Waals surface area (Å²) in [6.45, 7) is 3.95. The number of halogens is 1. The number of rotatable bonds is 6. The lowest BCUT2D eigenvalue weighted by Crippen LogP contribution is -2.35. The molecule has 0 radical (unpaired) electrons. The number of nitrogens with one attached hydrogen (secondary N) is 1. The standard InChI is InChI=1S/C15H20BrNOS/c1-2-17-13(14-8-5-6-10-18-14)11-19-15-9-4-3-7-12(15)16/h3-4,7-9,13,17H,2,5-6,10-11H2,1H3. The number of thioether (sulfide) groups is 1. The van der Waals surface area contributed by atoms with Gasteiger partial charge >= 0.3 is 0 Å². The predicted octanol–water partition coefficient (Wildman–Crippen LogP) is 4.21. The van der Waals surface area contributed by atoms with Crippen LogP contribution in [0.25, 0.3) is 0 Å². The summed E-state index contributed by atoms with van der Waals surface area (Å²) in [5, 5.41) is 3.51. The van der Waals surface area contributed by atoms with Crippen molar-refractivity contribution in [3.05, 3.63) is 40.6 Å². The van der Waals surface area contributed by atoms with Crippen LogP contribution < -0.4 is 5.32 Å². The maximum Gasteiger partial charge on any atom is 0.110 e. The second-order valence-electron chi connectivity index (χ2n) is 4.45. The molecule has 0 aliphatic carbocycles. The van der Waals surface area contributed by atoms with E-state index in [0.717, 1.165) is 42.0 Å². The summed E-state index contributed by atoms with van der Waals surface area (Å²) in [7, 11) is 0. The average molecular weight is 342 g/mol. The van der Waals surface area contributed by atoms with Crippen LogP contribution in [0.3, 0.4) is 0 Å².